The molecule has 1 fully saturated rings. The zero-order chi connectivity index (χ0) is 21.1. The Morgan fingerprint density at radius 1 is 1.28 bits per heavy atom. The van der Waals surface area contributed by atoms with E-state index in [-0.39, 0.29) is 28.2 Å². The van der Waals surface area contributed by atoms with Gasteiger partial charge in [-0.05, 0) is 19.1 Å². The average molecular weight is 569 g/mol. The number of piperazine rings is 1. The Morgan fingerprint density at radius 2 is 1.86 bits per heavy atom. The Kier molecular flexibility index (Phi) is 9.64. The molecule has 1 aliphatic heterocycles. The molecule has 1 saturated heterocycles. The van der Waals surface area contributed by atoms with E-state index in [2.05, 4.69) is 10.3 Å². The predicted octanol–water partition coefficient (Wildman–Crippen LogP) is 2.26. The van der Waals surface area contributed by atoms with Gasteiger partial charge in [-0.1, -0.05) is 0 Å². The van der Waals surface area contributed by atoms with Crippen molar-refractivity contribution in [3.63, 3.8) is 0 Å². The molecular formula is C16H27F3IN5O2S2. The van der Waals surface area contributed by atoms with Crippen molar-refractivity contribution in [3.05, 3.63) is 17.0 Å². The number of guanidine groups is 1. The Hall–Kier alpha value is -0.640. The van der Waals surface area contributed by atoms with Crippen LogP contribution in [0.25, 0.3) is 0 Å². The third-order valence-electron chi connectivity index (χ3n) is 4.64. The number of aliphatic imine (C=N–C) groups is 1. The number of rotatable bonds is 5. The van der Waals surface area contributed by atoms with E-state index in [1.807, 2.05) is 4.90 Å². The Balaban J connectivity index is 0.00000420. The number of hydrogen-bond acceptors (Lipinski definition) is 5. The van der Waals surface area contributed by atoms with Crippen molar-refractivity contribution in [1.82, 2.24) is 19.4 Å². The molecule has 29 heavy (non-hydrogen) atoms. The molecule has 1 N–H and O–H groups in total. The van der Waals surface area contributed by atoms with Crippen LogP contribution in [0.3, 0.4) is 0 Å². The standard InChI is InChI=1S/C16H26F3N5O2S2.HI/c1-12(16(17,18)19)23-7-9-24(10-8-23)15(20-2)21-11-13-5-6-14(27-13)28(25,26)22(3)4;/h5-6,12H,7-11H2,1-4H3,(H,20,21);1H. The number of hydrogen-bond donors (Lipinski definition) is 1. The van der Waals surface area contributed by atoms with Gasteiger partial charge < -0.3 is 10.2 Å². The topological polar surface area (TPSA) is 68.2 Å². The summed E-state index contributed by atoms with van der Waals surface area (Å²) in [5.74, 6) is 0.588. The summed E-state index contributed by atoms with van der Waals surface area (Å²) < 4.78 is 64.3. The van der Waals surface area contributed by atoms with Gasteiger partial charge in [0.2, 0.25) is 0 Å². The molecule has 0 bridgehead atoms. The molecule has 1 aromatic rings. The Bertz CT molecular complexity index is 791. The summed E-state index contributed by atoms with van der Waals surface area (Å²) in [7, 11) is 1.11. The molecule has 168 valence electrons. The van der Waals surface area contributed by atoms with E-state index < -0.39 is 22.2 Å². The van der Waals surface area contributed by atoms with Crippen LogP contribution in [-0.2, 0) is 16.6 Å². The van der Waals surface area contributed by atoms with Gasteiger partial charge in [-0.3, -0.25) is 9.89 Å². The number of halogens is 4. The first kappa shape index (κ1) is 26.4. The molecule has 2 rings (SSSR count). The maximum absolute atomic E-state index is 12.9. The van der Waals surface area contributed by atoms with E-state index >= 15 is 0 Å². The highest BCUT2D eigenvalue weighted by Gasteiger charge is 2.41. The third-order valence-corrected chi connectivity index (χ3v) is 8.01. The van der Waals surface area contributed by atoms with Crippen molar-refractivity contribution < 1.29 is 21.6 Å². The number of nitrogens with zero attached hydrogens (tertiary/aromatic N) is 4. The van der Waals surface area contributed by atoms with Crippen LogP contribution in [0.1, 0.15) is 11.8 Å². The maximum Gasteiger partial charge on any atom is 0.403 e. The fourth-order valence-corrected chi connectivity index (χ4v) is 5.26. The monoisotopic (exact) mass is 569 g/mol. The van der Waals surface area contributed by atoms with Crippen LogP contribution in [0, 0.1) is 0 Å². The van der Waals surface area contributed by atoms with Crippen molar-refractivity contribution in [2.45, 2.75) is 29.9 Å². The van der Waals surface area contributed by atoms with E-state index in [0.29, 0.717) is 38.7 Å². The zero-order valence-corrected chi connectivity index (χ0v) is 20.7. The second-order valence-electron chi connectivity index (χ2n) is 6.65. The number of sulfonamides is 1. The summed E-state index contributed by atoms with van der Waals surface area (Å²) in [5, 5.41) is 3.16. The normalized spacial score (nSPS) is 17.9. The summed E-state index contributed by atoms with van der Waals surface area (Å²) in [6.07, 6.45) is -4.23. The zero-order valence-electron chi connectivity index (χ0n) is 16.7. The SMILES string of the molecule is CN=C(NCc1ccc(S(=O)(=O)N(C)C)s1)N1CCN(C(C)C(F)(F)F)CC1.I. The molecule has 7 nitrogen and oxygen atoms in total. The highest BCUT2D eigenvalue weighted by atomic mass is 127. The van der Waals surface area contributed by atoms with Crippen molar-refractivity contribution in [3.8, 4) is 0 Å². The lowest BCUT2D eigenvalue weighted by atomic mass is 10.2. The van der Waals surface area contributed by atoms with Gasteiger partial charge in [-0.15, -0.1) is 35.3 Å². The highest BCUT2D eigenvalue weighted by molar-refractivity contribution is 14.0. The van der Waals surface area contributed by atoms with E-state index in [1.54, 1.807) is 19.2 Å². The van der Waals surface area contributed by atoms with Gasteiger partial charge in [0, 0.05) is 52.2 Å². The van der Waals surface area contributed by atoms with Crippen LogP contribution in [0.2, 0.25) is 0 Å². The van der Waals surface area contributed by atoms with Crippen LogP contribution in [0.15, 0.2) is 21.3 Å². The van der Waals surface area contributed by atoms with Gasteiger partial charge in [0.1, 0.15) is 10.3 Å². The van der Waals surface area contributed by atoms with Crippen molar-refractivity contribution in [1.29, 1.82) is 0 Å². The third kappa shape index (κ3) is 6.67. The second kappa shape index (κ2) is 10.6. The quantitative estimate of drug-likeness (QED) is 0.335. The summed E-state index contributed by atoms with van der Waals surface area (Å²) in [5.41, 5.74) is 0. The van der Waals surface area contributed by atoms with Gasteiger partial charge in [0.05, 0.1) is 6.54 Å². The molecule has 0 amide bonds. The minimum Gasteiger partial charge on any atom is -0.351 e. The smallest absolute Gasteiger partial charge is 0.351 e. The molecule has 1 unspecified atom stereocenters. The maximum atomic E-state index is 12.9. The first-order valence-corrected chi connectivity index (χ1v) is 11.0. The fraction of sp³-hybridized carbons (Fsp3) is 0.688. The molecular weight excluding hydrogens is 542 g/mol. The Labute approximate surface area is 191 Å². The highest BCUT2D eigenvalue weighted by Crippen LogP contribution is 2.25. The van der Waals surface area contributed by atoms with Gasteiger partial charge in [0.15, 0.2) is 5.96 Å². The molecule has 1 aliphatic rings. The first-order valence-electron chi connectivity index (χ1n) is 8.74. The fourth-order valence-electron chi connectivity index (χ4n) is 2.80. The molecule has 0 aliphatic carbocycles. The molecule has 13 heteroatoms. The van der Waals surface area contributed by atoms with E-state index in [0.717, 1.165) is 9.18 Å². The predicted molar refractivity (Wildman–Crippen MR) is 119 cm³/mol. The minimum absolute atomic E-state index is 0. The minimum atomic E-state index is -4.23. The Morgan fingerprint density at radius 3 is 2.34 bits per heavy atom. The molecule has 1 aromatic heterocycles. The summed E-state index contributed by atoms with van der Waals surface area (Å²) in [4.78, 5) is 8.35. The number of alkyl halides is 3. The molecule has 0 spiro atoms. The second-order valence-corrected chi connectivity index (χ2v) is 10.2. The number of nitrogens with one attached hydrogen (secondary N) is 1. The largest absolute Gasteiger partial charge is 0.403 e. The molecule has 1 atom stereocenters. The van der Waals surface area contributed by atoms with E-state index in [9.17, 15) is 21.6 Å². The van der Waals surface area contributed by atoms with Crippen LogP contribution in [0.5, 0.6) is 0 Å². The van der Waals surface area contributed by atoms with Gasteiger partial charge in [-0.25, -0.2) is 12.7 Å². The molecule has 0 radical (unpaired) electrons. The summed E-state index contributed by atoms with van der Waals surface area (Å²) >= 11 is 1.18. The first-order chi connectivity index (χ1) is 13.0. The van der Waals surface area contributed by atoms with Gasteiger partial charge >= 0.3 is 6.18 Å². The van der Waals surface area contributed by atoms with E-state index in [1.165, 1.54) is 37.3 Å². The lowest BCUT2D eigenvalue weighted by Crippen LogP contribution is -2.56. The summed E-state index contributed by atoms with van der Waals surface area (Å²) in [6, 6.07) is 1.84. The van der Waals surface area contributed by atoms with Crippen molar-refractivity contribution in [2.75, 3.05) is 47.3 Å². The van der Waals surface area contributed by atoms with E-state index in [4.69, 9.17) is 0 Å². The van der Waals surface area contributed by atoms with Crippen LogP contribution in [0.4, 0.5) is 13.2 Å². The average Bonchev–Trinajstić information content (AvgIpc) is 3.11. The van der Waals surface area contributed by atoms with Gasteiger partial charge in [-0.2, -0.15) is 13.2 Å². The molecule has 0 saturated carbocycles. The van der Waals surface area contributed by atoms with Crippen LogP contribution >= 0.6 is 35.3 Å². The lowest BCUT2D eigenvalue weighted by molar-refractivity contribution is -0.181. The molecule has 2 heterocycles. The molecule has 0 aromatic carbocycles. The number of thiophene rings is 1. The van der Waals surface area contributed by atoms with Crippen molar-refractivity contribution in [2.24, 2.45) is 4.99 Å². The van der Waals surface area contributed by atoms with Crippen molar-refractivity contribution >= 4 is 51.3 Å². The van der Waals surface area contributed by atoms with Gasteiger partial charge in [0.25, 0.3) is 10.0 Å². The lowest BCUT2D eigenvalue weighted by Gasteiger charge is -2.39. The summed E-state index contributed by atoms with van der Waals surface area (Å²) in [6.45, 7) is 3.03. The van der Waals surface area contributed by atoms with Crippen LogP contribution in [-0.4, -0.2) is 88.0 Å². The van der Waals surface area contributed by atoms with Crippen LogP contribution < -0.4 is 5.32 Å².